The molecule has 0 aromatic heterocycles. The molecule has 0 bridgehead atoms. The number of nitrogens with one attached hydrogen (secondary N) is 3. The van der Waals surface area contributed by atoms with Crippen LogP contribution in [0.5, 0.6) is 17.2 Å². The lowest BCUT2D eigenvalue weighted by Crippen LogP contribution is -2.45. The van der Waals surface area contributed by atoms with Crippen molar-refractivity contribution in [2.75, 3.05) is 20.3 Å². The van der Waals surface area contributed by atoms with E-state index in [1.54, 1.807) is 68.4 Å². The summed E-state index contributed by atoms with van der Waals surface area (Å²) in [6.07, 6.45) is 0.243. The highest BCUT2D eigenvalue weighted by Gasteiger charge is 2.32. The zero-order valence-corrected chi connectivity index (χ0v) is 27.4. The molecule has 14 heteroatoms. The molecule has 0 radical (unpaired) electrons. The Hall–Kier alpha value is -4.77. The summed E-state index contributed by atoms with van der Waals surface area (Å²) in [5, 5.41) is 29.4. The number of carbonyl (C=O) groups excluding carboxylic acids is 2. The third-order valence-electron chi connectivity index (χ3n) is 6.60. The number of rotatable bonds is 13. The van der Waals surface area contributed by atoms with Crippen LogP contribution < -0.4 is 30.3 Å². The number of amides is 2. The number of nitrogens with zero attached hydrogens (tertiary/aromatic N) is 2. The molecular weight excluding hydrogens is 682 g/mol. The van der Waals surface area contributed by atoms with Crippen LogP contribution in [0.25, 0.3) is 0 Å². The number of aliphatic hydroxyl groups is 1. The summed E-state index contributed by atoms with van der Waals surface area (Å²) in [7, 11) is 1.27. The predicted molar refractivity (Wildman–Crippen MR) is 174 cm³/mol. The lowest BCUT2D eigenvalue weighted by atomic mass is 9.95. The van der Waals surface area contributed by atoms with E-state index in [4.69, 9.17) is 35.8 Å². The van der Waals surface area contributed by atoms with Gasteiger partial charge in [0, 0.05) is 16.3 Å². The Morgan fingerprint density at radius 1 is 1.17 bits per heavy atom. The van der Waals surface area contributed by atoms with Gasteiger partial charge in [0.05, 0.1) is 47.7 Å². The van der Waals surface area contributed by atoms with Crippen LogP contribution in [0.3, 0.4) is 0 Å². The standard InChI is InChI=1S/C32H31BrClN5O7/c1-4-44-26-12-21(29-28(31(41)43-3)18(2)37-32(42)38-29)9-10-25(26)45-17-27(40)39-36-15-22-11-23(34)13-24(33)30(22)46-16-20-7-5-19(14-35)6-8-20/h5-13,15,27,29,39-40H,4,16-17H2,1-3H3,(H2,37,38,42)/b36-15+/t27-,29+/m1/s1. The van der Waals surface area contributed by atoms with Gasteiger partial charge in [-0.15, -0.1) is 0 Å². The van der Waals surface area contributed by atoms with Gasteiger partial charge < -0.3 is 34.7 Å². The van der Waals surface area contributed by atoms with Crippen molar-refractivity contribution in [2.45, 2.75) is 32.7 Å². The zero-order valence-electron chi connectivity index (χ0n) is 25.1. The molecule has 3 aromatic carbocycles. The van der Waals surface area contributed by atoms with Crippen molar-refractivity contribution in [3.05, 3.63) is 97.6 Å². The van der Waals surface area contributed by atoms with E-state index >= 15 is 0 Å². The molecule has 240 valence electrons. The lowest BCUT2D eigenvalue weighted by Gasteiger charge is -2.28. The van der Waals surface area contributed by atoms with Gasteiger partial charge in [-0.3, -0.25) is 5.43 Å². The van der Waals surface area contributed by atoms with Crippen LogP contribution in [0.4, 0.5) is 4.79 Å². The Morgan fingerprint density at radius 2 is 1.93 bits per heavy atom. The number of hydrazone groups is 1. The number of esters is 1. The first kappa shape index (κ1) is 34.1. The Labute approximate surface area is 279 Å². The fourth-order valence-electron chi connectivity index (χ4n) is 4.47. The van der Waals surface area contributed by atoms with Crippen molar-refractivity contribution >= 4 is 45.7 Å². The molecule has 4 N–H and O–H groups in total. The van der Waals surface area contributed by atoms with E-state index < -0.39 is 24.3 Å². The largest absolute Gasteiger partial charge is 0.490 e. The molecular formula is C32H31BrClN5O7. The molecule has 0 aliphatic carbocycles. The van der Waals surface area contributed by atoms with Crippen LogP contribution in [-0.2, 0) is 16.1 Å². The molecule has 0 saturated heterocycles. The number of halogens is 2. The fraction of sp³-hybridized carbons (Fsp3) is 0.250. The Balaban J connectivity index is 1.42. The molecule has 2 amide bonds. The minimum absolute atomic E-state index is 0.200. The van der Waals surface area contributed by atoms with Gasteiger partial charge in [-0.1, -0.05) is 29.8 Å². The Bertz CT molecular complexity index is 1690. The summed E-state index contributed by atoms with van der Waals surface area (Å²) in [5.41, 5.74) is 5.77. The third kappa shape index (κ3) is 8.69. The molecule has 3 aromatic rings. The maximum Gasteiger partial charge on any atom is 0.337 e. The highest BCUT2D eigenvalue weighted by molar-refractivity contribution is 9.10. The molecule has 0 saturated carbocycles. The summed E-state index contributed by atoms with van der Waals surface area (Å²) in [6.45, 7) is 3.77. The maximum absolute atomic E-state index is 12.5. The third-order valence-corrected chi connectivity index (χ3v) is 7.41. The topological polar surface area (TPSA) is 164 Å². The molecule has 0 unspecified atom stereocenters. The van der Waals surface area contributed by atoms with Gasteiger partial charge in [0.2, 0.25) is 0 Å². The van der Waals surface area contributed by atoms with Crippen molar-refractivity contribution in [1.82, 2.24) is 16.1 Å². The smallest absolute Gasteiger partial charge is 0.337 e. The van der Waals surface area contributed by atoms with Crippen LogP contribution in [-0.4, -0.2) is 49.9 Å². The van der Waals surface area contributed by atoms with Gasteiger partial charge in [-0.25, -0.2) is 9.59 Å². The normalized spacial score (nSPS) is 15.0. The molecule has 0 spiro atoms. The van der Waals surface area contributed by atoms with E-state index in [9.17, 15) is 14.7 Å². The second kappa shape index (κ2) is 16.0. The van der Waals surface area contributed by atoms with E-state index in [0.29, 0.717) is 55.7 Å². The van der Waals surface area contributed by atoms with Gasteiger partial charge in [-0.2, -0.15) is 10.4 Å². The first-order valence-electron chi connectivity index (χ1n) is 14.0. The number of methoxy groups -OCH3 is 1. The highest BCUT2D eigenvalue weighted by atomic mass is 79.9. The van der Waals surface area contributed by atoms with E-state index in [1.807, 2.05) is 0 Å². The summed E-state index contributed by atoms with van der Waals surface area (Å²) in [4.78, 5) is 24.6. The van der Waals surface area contributed by atoms with E-state index in [-0.39, 0.29) is 18.8 Å². The maximum atomic E-state index is 12.5. The minimum Gasteiger partial charge on any atom is -0.490 e. The van der Waals surface area contributed by atoms with Gasteiger partial charge >= 0.3 is 12.0 Å². The average molecular weight is 713 g/mol. The Kier molecular flexibility index (Phi) is 11.9. The van der Waals surface area contributed by atoms with Gasteiger partial charge in [0.15, 0.2) is 17.7 Å². The molecule has 2 atom stereocenters. The number of benzene rings is 3. The molecule has 1 aliphatic rings. The lowest BCUT2D eigenvalue weighted by molar-refractivity contribution is -0.136. The number of hydrogen-bond acceptors (Lipinski definition) is 10. The first-order valence-corrected chi connectivity index (χ1v) is 15.1. The quantitative estimate of drug-likeness (QED) is 0.0820. The number of ether oxygens (including phenoxy) is 4. The number of hydrogen-bond donors (Lipinski definition) is 4. The van der Waals surface area contributed by atoms with Crippen LogP contribution in [0, 0.1) is 11.3 Å². The number of allylic oxidation sites excluding steroid dienone is 1. The van der Waals surface area contributed by atoms with Crippen LogP contribution in [0.1, 0.15) is 42.1 Å². The molecule has 4 rings (SSSR count). The Morgan fingerprint density at radius 3 is 2.63 bits per heavy atom. The minimum atomic E-state index is -1.21. The van der Waals surface area contributed by atoms with Crippen LogP contribution in [0.15, 0.2) is 75.4 Å². The second-order valence-electron chi connectivity index (χ2n) is 9.82. The van der Waals surface area contributed by atoms with Crippen LogP contribution in [0.2, 0.25) is 5.02 Å². The second-order valence-corrected chi connectivity index (χ2v) is 11.1. The molecule has 1 heterocycles. The van der Waals surface area contributed by atoms with Gasteiger partial charge in [0.25, 0.3) is 0 Å². The predicted octanol–water partition coefficient (Wildman–Crippen LogP) is 5.07. The summed E-state index contributed by atoms with van der Waals surface area (Å²) < 4.78 is 23.1. The number of aliphatic hydroxyl groups excluding tert-OH is 1. The van der Waals surface area contributed by atoms with Crippen molar-refractivity contribution in [1.29, 1.82) is 5.26 Å². The van der Waals surface area contributed by atoms with Crippen molar-refractivity contribution in [2.24, 2.45) is 5.10 Å². The van der Waals surface area contributed by atoms with E-state index in [1.165, 1.54) is 13.3 Å². The zero-order chi connectivity index (χ0) is 33.2. The summed E-state index contributed by atoms with van der Waals surface area (Å²) >= 11 is 9.72. The van der Waals surface area contributed by atoms with E-state index in [0.717, 1.165) is 5.56 Å². The van der Waals surface area contributed by atoms with Crippen molar-refractivity contribution in [3.63, 3.8) is 0 Å². The number of carbonyl (C=O) groups is 2. The average Bonchev–Trinajstić information content (AvgIpc) is 3.03. The summed E-state index contributed by atoms with van der Waals surface area (Å²) in [6, 6.07) is 16.2. The SMILES string of the molecule is CCOc1cc([C@@H]2NC(=O)NC(C)=C2C(=O)OC)ccc1OC[C@@H](O)N/N=C/c1cc(Cl)cc(Br)c1OCc1ccc(C#N)cc1. The first-order chi connectivity index (χ1) is 22.1. The monoisotopic (exact) mass is 711 g/mol. The van der Waals surface area contributed by atoms with Gasteiger partial charge in [-0.05, 0) is 77.3 Å². The number of nitriles is 1. The molecule has 1 aliphatic heterocycles. The van der Waals surface area contributed by atoms with Crippen LogP contribution >= 0.6 is 27.5 Å². The molecule has 46 heavy (non-hydrogen) atoms. The molecule has 0 fully saturated rings. The van der Waals surface area contributed by atoms with Crippen molar-refractivity contribution < 1.29 is 33.6 Å². The van der Waals surface area contributed by atoms with Gasteiger partial charge in [0.1, 0.15) is 19.0 Å². The summed E-state index contributed by atoms with van der Waals surface area (Å²) in [5.74, 6) is 0.571. The van der Waals surface area contributed by atoms with Crippen molar-refractivity contribution in [3.8, 4) is 23.3 Å². The highest BCUT2D eigenvalue weighted by Crippen LogP contribution is 2.35. The van der Waals surface area contributed by atoms with E-state index in [2.05, 4.69) is 43.2 Å². The number of urea groups is 1. The fourth-order valence-corrected chi connectivity index (χ4v) is 5.42. The molecule has 12 nitrogen and oxygen atoms in total.